The number of nitrogens with one attached hydrogen (secondary N) is 1. The zero-order chi connectivity index (χ0) is 18.9. The fourth-order valence-corrected chi connectivity index (χ4v) is 2.55. The summed E-state index contributed by atoms with van der Waals surface area (Å²) in [6.45, 7) is 4.76. The number of carboxylic acids is 1. The molecule has 2 rings (SSSR count). The van der Waals surface area contributed by atoms with Gasteiger partial charge in [-0.25, -0.2) is 0 Å². The number of carbonyl (C=O) groups excluding carboxylic acids is 1. The van der Waals surface area contributed by atoms with Crippen molar-refractivity contribution >= 4 is 11.9 Å². The van der Waals surface area contributed by atoms with Gasteiger partial charge in [-0.3, -0.25) is 9.59 Å². The summed E-state index contributed by atoms with van der Waals surface area (Å²) in [6.07, 6.45) is 2.28. The van der Waals surface area contributed by atoms with E-state index in [2.05, 4.69) is 5.32 Å². The third kappa shape index (κ3) is 6.27. The maximum Gasteiger partial charge on any atom is 0.303 e. The Kier molecular flexibility index (Phi) is 7.26. The fraction of sp³-hybridized carbons (Fsp3) is 0.400. The van der Waals surface area contributed by atoms with Gasteiger partial charge in [0, 0.05) is 13.0 Å². The Bertz CT molecular complexity index is 750. The molecule has 0 radical (unpaired) electrons. The van der Waals surface area contributed by atoms with Crippen molar-refractivity contribution in [1.82, 2.24) is 5.32 Å². The molecule has 0 saturated carbocycles. The lowest BCUT2D eigenvalue weighted by Crippen LogP contribution is -2.23. The van der Waals surface area contributed by atoms with Crippen molar-refractivity contribution in [1.29, 1.82) is 0 Å². The van der Waals surface area contributed by atoms with E-state index in [1.54, 1.807) is 12.1 Å². The fourth-order valence-electron chi connectivity index (χ4n) is 2.55. The summed E-state index contributed by atoms with van der Waals surface area (Å²) < 4.78 is 11.3. The van der Waals surface area contributed by atoms with Crippen LogP contribution in [0.25, 0.3) is 0 Å². The summed E-state index contributed by atoms with van der Waals surface area (Å²) in [5.41, 5.74) is 2.23. The number of furan rings is 1. The number of carboxylic acid groups (broad SMARTS) is 1. The van der Waals surface area contributed by atoms with E-state index in [-0.39, 0.29) is 24.7 Å². The molecule has 0 fully saturated rings. The second-order valence-electron chi connectivity index (χ2n) is 6.28. The van der Waals surface area contributed by atoms with Crippen LogP contribution in [0, 0.1) is 13.8 Å². The lowest BCUT2D eigenvalue weighted by Gasteiger charge is -2.08. The van der Waals surface area contributed by atoms with Crippen molar-refractivity contribution < 1.29 is 23.8 Å². The van der Waals surface area contributed by atoms with Crippen LogP contribution in [-0.2, 0) is 11.4 Å². The third-order valence-corrected chi connectivity index (χ3v) is 3.94. The molecule has 0 unspecified atom stereocenters. The molecule has 2 aromatic rings. The molecule has 0 aliphatic carbocycles. The van der Waals surface area contributed by atoms with Gasteiger partial charge in [0.15, 0.2) is 5.76 Å². The van der Waals surface area contributed by atoms with Crippen LogP contribution in [0.4, 0.5) is 0 Å². The first-order valence-corrected chi connectivity index (χ1v) is 8.74. The lowest BCUT2D eigenvalue weighted by molar-refractivity contribution is -0.137. The first kappa shape index (κ1) is 19.6. The first-order valence-electron chi connectivity index (χ1n) is 8.74. The second-order valence-corrected chi connectivity index (χ2v) is 6.28. The van der Waals surface area contributed by atoms with Crippen molar-refractivity contribution in [2.45, 2.75) is 46.1 Å². The predicted octanol–water partition coefficient (Wildman–Crippen LogP) is 3.85. The molecule has 0 bridgehead atoms. The van der Waals surface area contributed by atoms with Gasteiger partial charge in [-0.2, -0.15) is 0 Å². The minimum Gasteiger partial charge on any atom is -0.485 e. The van der Waals surface area contributed by atoms with Gasteiger partial charge >= 0.3 is 5.97 Å². The highest BCUT2D eigenvalue weighted by atomic mass is 16.5. The molecule has 6 nitrogen and oxygen atoms in total. The maximum absolute atomic E-state index is 12.0. The monoisotopic (exact) mass is 359 g/mol. The molecule has 0 saturated heterocycles. The van der Waals surface area contributed by atoms with Crippen LogP contribution in [0.5, 0.6) is 5.75 Å². The molecule has 2 N–H and O–H groups in total. The number of hydrogen-bond donors (Lipinski definition) is 2. The van der Waals surface area contributed by atoms with Crippen LogP contribution in [0.15, 0.2) is 34.7 Å². The highest BCUT2D eigenvalue weighted by Crippen LogP contribution is 2.20. The number of aliphatic carboxylic acids is 1. The molecular weight excluding hydrogens is 334 g/mol. The number of carbonyl (C=O) groups is 2. The zero-order valence-corrected chi connectivity index (χ0v) is 15.2. The first-order chi connectivity index (χ1) is 12.5. The van der Waals surface area contributed by atoms with Crippen LogP contribution in [0.2, 0.25) is 0 Å². The van der Waals surface area contributed by atoms with Gasteiger partial charge in [-0.05, 0) is 50.5 Å². The van der Waals surface area contributed by atoms with Crippen molar-refractivity contribution in [3.05, 3.63) is 53.0 Å². The van der Waals surface area contributed by atoms with E-state index >= 15 is 0 Å². The summed E-state index contributed by atoms with van der Waals surface area (Å²) in [5, 5.41) is 11.3. The standard InChI is InChI=1S/C20H25NO5/c1-14-7-9-17(15(2)12-14)25-13-16-8-10-18(26-16)20(24)21-11-5-3-4-6-19(22)23/h7-10,12H,3-6,11,13H2,1-2H3,(H,21,24)(H,22,23). The molecular formula is C20H25NO5. The Morgan fingerprint density at radius 3 is 2.65 bits per heavy atom. The van der Waals surface area contributed by atoms with Gasteiger partial charge < -0.3 is 19.6 Å². The smallest absolute Gasteiger partial charge is 0.303 e. The van der Waals surface area contributed by atoms with E-state index in [9.17, 15) is 9.59 Å². The molecule has 26 heavy (non-hydrogen) atoms. The number of ether oxygens (including phenoxy) is 1. The molecule has 0 aliphatic rings. The van der Waals surface area contributed by atoms with E-state index in [0.717, 1.165) is 24.2 Å². The molecule has 6 heteroatoms. The molecule has 1 heterocycles. The van der Waals surface area contributed by atoms with Crippen molar-refractivity contribution in [2.24, 2.45) is 0 Å². The molecule has 0 atom stereocenters. The topological polar surface area (TPSA) is 88.8 Å². The maximum atomic E-state index is 12.0. The Hall–Kier alpha value is -2.76. The van der Waals surface area contributed by atoms with Crippen LogP contribution in [0.3, 0.4) is 0 Å². The Morgan fingerprint density at radius 1 is 1.12 bits per heavy atom. The third-order valence-electron chi connectivity index (χ3n) is 3.94. The summed E-state index contributed by atoms with van der Waals surface area (Å²) in [6, 6.07) is 9.31. The Balaban J connectivity index is 1.74. The minimum atomic E-state index is -0.791. The van der Waals surface area contributed by atoms with Crippen molar-refractivity contribution in [2.75, 3.05) is 6.54 Å². The van der Waals surface area contributed by atoms with Crippen molar-refractivity contribution in [3.63, 3.8) is 0 Å². The summed E-state index contributed by atoms with van der Waals surface area (Å²) >= 11 is 0. The van der Waals surface area contributed by atoms with Crippen LogP contribution in [-0.4, -0.2) is 23.5 Å². The zero-order valence-electron chi connectivity index (χ0n) is 15.2. The summed E-state index contributed by atoms with van der Waals surface area (Å²) in [4.78, 5) is 22.4. The Morgan fingerprint density at radius 2 is 1.92 bits per heavy atom. The molecule has 1 aromatic heterocycles. The van der Waals surface area contributed by atoms with E-state index in [1.807, 2.05) is 32.0 Å². The molecule has 1 aromatic carbocycles. The molecule has 140 valence electrons. The van der Waals surface area contributed by atoms with Gasteiger partial charge in [0.05, 0.1) is 0 Å². The summed E-state index contributed by atoms with van der Waals surface area (Å²) in [5.74, 6) is 0.548. The SMILES string of the molecule is Cc1ccc(OCc2ccc(C(=O)NCCCCCC(=O)O)o2)c(C)c1. The quantitative estimate of drug-likeness (QED) is 0.629. The van der Waals surface area contributed by atoms with E-state index in [1.165, 1.54) is 5.56 Å². The van der Waals surface area contributed by atoms with Gasteiger partial charge in [0.1, 0.15) is 18.1 Å². The highest BCUT2D eigenvalue weighted by molar-refractivity contribution is 5.91. The van der Waals surface area contributed by atoms with Crippen LogP contribution in [0.1, 0.15) is 53.1 Å². The summed E-state index contributed by atoms with van der Waals surface area (Å²) in [7, 11) is 0. The van der Waals surface area contributed by atoms with Gasteiger partial charge in [-0.15, -0.1) is 0 Å². The average molecular weight is 359 g/mol. The van der Waals surface area contributed by atoms with Gasteiger partial charge in [0.2, 0.25) is 0 Å². The van der Waals surface area contributed by atoms with Crippen LogP contribution >= 0.6 is 0 Å². The largest absolute Gasteiger partial charge is 0.485 e. The molecule has 0 aliphatic heterocycles. The predicted molar refractivity (Wildman–Crippen MR) is 97.4 cm³/mol. The number of benzene rings is 1. The highest BCUT2D eigenvalue weighted by Gasteiger charge is 2.11. The second kappa shape index (κ2) is 9.65. The van der Waals surface area contributed by atoms with Gasteiger partial charge in [-0.1, -0.05) is 24.1 Å². The number of amides is 1. The average Bonchev–Trinajstić information content (AvgIpc) is 3.06. The van der Waals surface area contributed by atoms with E-state index < -0.39 is 5.97 Å². The lowest BCUT2D eigenvalue weighted by atomic mass is 10.1. The van der Waals surface area contributed by atoms with Gasteiger partial charge in [0.25, 0.3) is 5.91 Å². The molecule has 0 spiro atoms. The minimum absolute atomic E-state index is 0.163. The van der Waals surface area contributed by atoms with E-state index in [4.69, 9.17) is 14.3 Å². The Labute approximate surface area is 153 Å². The normalized spacial score (nSPS) is 10.5. The number of unbranched alkanes of at least 4 members (excludes halogenated alkanes) is 2. The number of rotatable bonds is 10. The number of hydrogen-bond acceptors (Lipinski definition) is 4. The number of aryl methyl sites for hydroxylation is 2. The molecule has 1 amide bonds. The van der Waals surface area contributed by atoms with E-state index in [0.29, 0.717) is 18.7 Å². The van der Waals surface area contributed by atoms with Crippen molar-refractivity contribution in [3.8, 4) is 5.75 Å². The van der Waals surface area contributed by atoms with Crippen LogP contribution < -0.4 is 10.1 Å².